The summed E-state index contributed by atoms with van der Waals surface area (Å²) in [7, 11) is 2.11. The lowest BCUT2D eigenvalue weighted by atomic mass is 10.2. The molecule has 190 valence electrons. The molecule has 0 saturated carbocycles. The lowest BCUT2D eigenvalue weighted by Crippen LogP contribution is -2.44. The second-order valence-electron chi connectivity index (χ2n) is 8.81. The van der Waals surface area contributed by atoms with E-state index in [0.717, 1.165) is 50.2 Å². The van der Waals surface area contributed by atoms with Gasteiger partial charge in [-0.25, -0.2) is 9.78 Å². The molecule has 0 atom stereocenters. The van der Waals surface area contributed by atoms with E-state index in [2.05, 4.69) is 32.5 Å². The van der Waals surface area contributed by atoms with Gasteiger partial charge in [-0.1, -0.05) is 0 Å². The molecule has 2 aliphatic heterocycles. The number of piperazine rings is 1. The molecule has 8 nitrogen and oxygen atoms in total. The van der Waals surface area contributed by atoms with Gasteiger partial charge < -0.3 is 30.1 Å². The van der Waals surface area contributed by atoms with E-state index < -0.39 is 11.7 Å². The van der Waals surface area contributed by atoms with Crippen LogP contribution in [-0.4, -0.2) is 80.3 Å². The number of aromatic nitrogens is 1. The van der Waals surface area contributed by atoms with Crippen LogP contribution in [0.5, 0.6) is 0 Å². The molecule has 1 aromatic heterocycles. The highest BCUT2D eigenvalue weighted by Crippen LogP contribution is 2.36. The fraction of sp³-hybridized carbons (Fsp3) is 0.500. The van der Waals surface area contributed by atoms with Crippen molar-refractivity contribution in [3.05, 3.63) is 42.1 Å². The van der Waals surface area contributed by atoms with E-state index in [0.29, 0.717) is 31.9 Å². The summed E-state index contributed by atoms with van der Waals surface area (Å²) < 4.78 is 45.6. The first kappa shape index (κ1) is 24.9. The van der Waals surface area contributed by atoms with Gasteiger partial charge in [0.25, 0.3) is 0 Å². The van der Waals surface area contributed by atoms with Gasteiger partial charge in [0.2, 0.25) is 0 Å². The van der Waals surface area contributed by atoms with E-state index in [4.69, 9.17) is 4.74 Å². The van der Waals surface area contributed by atoms with Crippen molar-refractivity contribution in [2.75, 3.05) is 75.0 Å². The fourth-order valence-corrected chi connectivity index (χ4v) is 4.16. The van der Waals surface area contributed by atoms with Crippen LogP contribution in [0.25, 0.3) is 0 Å². The van der Waals surface area contributed by atoms with Crippen LogP contribution in [0.2, 0.25) is 0 Å². The SMILES string of the molecule is CN1CCN(c2ccc(Nc3cc(NCCCN4CCCOC4=O)c(C(F)(F)F)cn3)cc2)CC1. The number of likely N-dealkylation sites (N-methyl/N-ethyl adjacent to an activating group) is 1. The maximum Gasteiger partial charge on any atom is 0.419 e. The molecule has 0 bridgehead atoms. The van der Waals surface area contributed by atoms with Crippen LogP contribution in [0.15, 0.2) is 36.5 Å². The van der Waals surface area contributed by atoms with Gasteiger partial charge in [0.15, 0.2) is 0 Å². The molecule has 0 radical (unpaired) electrons. The van der Waals surface area contributed by atoms with Gasteiger partial charge >= 0.3 is 12.3 Å². The van der Waals surface area contributed by atoms with E-state index in [9.17, 15) is 18.0 Å². The Kier molecular flexibility index (Phi) is 7.84. The van der Waals surface area contributed by atoms with Crippen LogP contribution < -0.4 is 15.5 Å². The second kappa shape index (κ2) is 11.0. The van der Waals surface area contributed by atoms with E-state index in [1.807, 2.05) is 24.3 Å². The van der Waals surface area contributed by atoms with Crippen molar-refractivity contribution < 1.29 is 22.7 Å². The first-order chi connectivity index (χ1) is 16.8. The Morgan fingerprint density at radius 2 is 1.83 bits per heavy atom. The third kappa shape index (κ3) is 6.68. The number of cyclic esters (lactones) is 1. The Bertz CT molecular complexity index is 994. The molecule has 2 aliphatic rings. The number of amides is 1. The number of nitrogens with one attached hydrogen (secondary N) is 2. The Labute approximate surface area is 203 Å². The number of hydrogen-bond donors (Lipinski definition) is 2. The minimum atomic E-state index is -4.53. The first-order valence-corrected chi connectivity index (χ1v) is 11.8. The number of alkyl halides is 3. The number of rotatable bonds is 8. The van der Waals surface area contributed by atoms with Gasteiger partial charge in [0, 0.05) is 69.5 Å². The predicted molar refractivity (Wildman–Crippen MR) is 129 cm³/mol. The van der Waals surface area contributed by atoms with Gasteiger partial charge in [-0.15, -0.1) is 0 Å². The number of anilines is 4. The van der Waals surface area contributed by atoms with Crippen molar-refractivity contribution >= 4 is 29.0 Å². The highest BCUT2D eigenvalue weighted by molar-refractivity contribution is 5.68. The van der Waals surface area contributed by atoms with E-state index in [1.165, 1.54) is 6.07 Å². The maximum absolute atomic E-state index is 13.5. The van der Waals surface area contributed by atoms with Crippen molar-refractivity contribution in [2.45, 2.75) is 19.0 Å². The summed E-state index contributed by atoms with van der Waals surface area (Å²) in [6.07, 6.45) is -2.82. The van der Waals surface area contributed by atoms with Crippen LogP contribution in [0.3, 0.4) is 0 Å². The predicted octanol–water partition coefficient (Wildman–Crippen LogP) is 4.24. The van der Waals surface area contributed by atoms with Crippen LogP contribution in [0.4, 0.5) is 40.8 Å². The zero-order valence-electron chi connectivity index (χ0n) is 19.8. The van der Waals surface area contributed by atoms with Crippen LogP contribution in [0, 0.1) is 0 Å². The molecule has 2 N–H and O–H groups in total. The van der Waals surface area contributed by atoms with Crippen LogP contribution >= 0.6 is 0 Å². The van der Waals surface area contributed by atoms with Crippen molar-refractivity contribution in [2.24, 2.45) is 0 Å². The van der Waals surface area contributed by atoms with Crippen LogP contribution in [0.1, 0.15) is 18.4 Å². The Morgan fingerprint density at radius 3 is 2.51 bits per heavy atom. The first-order valence-electron chi connectivity index (χ1n) is 11.8. The number of ether oxygens (including phenoxy) is 1. The maximum atomic E-state index is 13.5. The van der Waals surface area contributed by atoms with E-state index in [-0.39, 0.29) is 18.3 Å². The van der Waals surface area contributed by atoms with Crippen molar-refractivity contribution in [1.29, 1.82) is 0 Å². The summed E-state index contributed by atoms with van der Waals surface area (Å²) in [6.45, 7) is 5.63. The van der Waals surface area contributed by atoms with Crippen molar-refractivity contribution in [3.8, 4) is 0 Å². The third-order valence-corrected chi connectivity index (χ3v) is 6.19. The molecule has 35 heavy (non-hydrogen) atoms. The van der Waals surface area contributed by atoms with Gasteiger partial charge in [0.1, 0.15) is 5.82 Å². The molecular weight excluding hydrogens is 461 g/mol. The number of pyridine rings is 1. The molecule has 0 spiro atoms. The number of carbonyl (C=O) groups is 1. The quantitative estimate of drug-likeness (QED) is 0.534. The number of halogens is 3. The molecule has 0 aliphatic carbocycles. The molecule has 1 aromatic carbocycles. The minimum absolute atomic E-state index is 0.0507. The summed E-state index contributed by atoms with van der Waals surface area (Å²) in [5.74, 6) is 0.312. The molecule has 2 aromatic rings. The number of nitrogens with zero attached hydrogens (tertiary/aromatic N) is 4. The normalized spacial score (nSPS) is 17.3. The summed E-state index contributed by atoms with van der Waals surface area (Å²) >= 11 is 0. The zero-order valence-corrected chi connectivity index (χ0v) is 19.8. The smallest absolute Gasteiger partial charge is 0.419 e. The van der Waals surface area contributed by atoms with Gasteiger partial charge in [-0.2, -0.15) is 13.2 Å². The van der Waals surface area contributed by atoms with Gasteiger partial charge in [-0.3, -0.25) is 0 Å². The zero-order chi connectivity index (χ0) is 24.8. The number of carbonyl (C=O) groups excluding carboxylic acids is 1. The average Bonchev–Trinajstić information content (AvgIpc) is 2.83. The second-order valence-corrected chi connectivity index (χ2v) is 8.81. The average molecular weight is 493 g/mol. The molecule has 1 amide bonds. The summed E-state index contributed by atoms with van der Waals surface area (Å²) in [4.78, 5) is 21.8. The number of benzene rings is 1. The van der Waals surface area contributed by atoms with E-state index >= 15 is 0 Å². The standard InChI is InChI=1S/C24H31F3N6O2/c1-31-11-13-32(14-12-31)19-6-4-18(5-7-19)30-22-16-21(20(17-29-22)24(25,26)27)28-8-2-9-33-10-3-15-35-23(33)34/h4-7,16-17H,2-3,8-15H2,1H3,(H2,28,29,30). The molecule has 3 heterocycles. The molecule has 4 rings (SSSR count). The third-order valence-electron chi connectivity index (χ3n) is 6.19. The van der Waals surface area contributed by atoms with Crippen LogP contribution in [-0.2, 0) is 10.9 Å². The lowest BCUT2D eigenvalue weighted by molar-refractivity contribution is -0.137. The Morgan fingerprint density at radius 1 is 1.09 bits per heavy atom. The lowest BCUT2D eigenvalue weighted by Gasteiger charge is -2.34. The summed E-state index contributed by atoms with van der Waals surface area (Å²) in [6, 6.07) is 9.17. The Hall–Kier alpha value is -3.21. The minimum Gasteiger partial charge on any atom is -0.449 e. The molecule has 11 heteroatoms. The Balaban J connectivity index is 1.38. The monoisotopic (exact) mass is 492 g/mol. The fourth-order valence-electron chi connectivity index (χ4n) is 4.16. The van der Waals surface area contributed by atoms with Gasteiger partial charge in [0.05, 0.1) is 17.9 Å². The van der Waals surface area contributed by atoms with Gasteiger partial charge in [-0.05, 0) is 44.2 Å². The summed E-state index contributed by atoms with van der Waals surface area (Å²) in [5.41, 5.74) is 0.977. The number of hydrogen-bond acceptors (Lipinski definition) is 7. The van der Waals surface area contributed by atoms with Crippen molar-refractivity contribution in [1.82, 2.24) is 14.8 Å². The molecule has 2 saturated heterocycles. The van der Waals surface area contributed by atoms with Crippen molar-refractivity contribution in [3.63, 3.8) is 0 Å². The molecule has 2 fully saturated rings. The topological polar surface area (TPSA) is 73.0 Å². The van der Waals surface area contributed by atoms with E-state index in [1.54, 1.807) is 4.90 Å². The molecule has 0 unspecified atom stereocenters. The highest BCUT2D eigenvalue weighted by atomic mass is 19.4. The largest absolute Gasteiger partial charge is 0.449 e. The molecular formula is C24H31F3N6O2. The summed E-state index contributed by atoms with van der Waals surface area (Å²) in [5, 5.41) is 5.96. The highest BCUT2D eigenvalue weighted by Gasteiger charge is 2.34.